The average molecular weight is 367 g/mol. The van der Waals surface area contributed by atoms with E-state index >= 15 is 0 Å². The second-order valence-electron chi connectivity index (χ2n) is 7.10. The molecule has 1 unspecified atom stereocenters. The topological polar surface area (TPSA) is 81.1 Å². The summed E-state index contributed by atoms with van der Waals surface area (Å²) in [6.45, 7) is 5.73. The van der Waals surface area contributed by atoms with Crippen LogP contribution in [0, 0.1) is 0 Å². The van der Waals surface area contributed by atoms with Crippen LogP contribution in [0.3, 0.4) is 0 Å². The molecule has 0 aromatic carbocycles. The van der Waals surface area contributed by atoms with E-state index < -0.39 is 9.84 Å². The first kappa shape index (κ1) is 17.2. The van der Waals surface area contributed by atoms with Crippen LogP contribution in [0.2, 0.25) is 0 Å². The highest BCUT2D eigenvalue weighted by molar-refractivity contribution is 7.91. The second kappa shape index (κ2) is 6.00. The molecule has 1 saturated heterocycles. The van der Waals surface area contributed by atoms with Crippen molar-refractivity contribution in [1.82, 2.24) is 15.1 Å². The van der Waals surface area contributed by atoms with Crippen LogP contribution < -0.4 is 5.32 Å². The predicted molar refractivity (Wildman–Crippen MR) is 95.1 cm³/mol. The van der Waals surface area contributed by atoms with E-state index in [1.54, 1.807) is 22.1 Å². The molecule has 8 heteroatoms. The van der Waals surface area contributed by atoms with Gasteiger partial charge in [-0.25, -0.2) is 8.42 Å². The molecule has 1 fully saturated rings. The first-order valence-corrected chi connectivity index (χ1v) is 10.5. The fourth-order valence-electron chi connectivity index (χ4n) is 2.76. The van der Waals surface area contributed by atoms with Gasteiger partial charge in [0.1, 0.15) is 0 Å². The van der Waals surface area contributed by atoms with Crippen molar-refractivity contribution in [2.75, 3.05) is 11.5 Å². The number of nitrogens with zero attached hydrogens (tertiary/aromatic N) is 2. The molecular formula is C16H21N3O3S2. The summed E-state index contributed by atoms with van der Waals surface area (Å²) in [5, 5.41) is 9.29. The molecule has 1 atom stereocenters. The number of sulfone groups is 1. The summed E-state index contributed by atoms with van der Waals surface area (Å²) in [4.78, 5) is 13.4. The van der Waals surface area contributed by atoms with Crippen molar-refractivity contribution in [2.24, 2.45) is 0 Å². The maximum Gasteiger partial charge on any atom is 0.272 e. The maximum absolute atomic E-state index is 12.4. The maximum atomic E-state index is 12.4. The van der Waals surface area contributed by atoms with Crippen molar-refractivity contribution in [1.29, 1.82) is 0 Å². The Balaban J connectivity index is 1.99. The lowest BCUT2D eigenvalue weighted by molar-refractivity contribution is 0.0913. The molecule has 6 nitrogen and oxygen atoms in total. The largest absolute Gasteiger partial charge is 0.346 e. The summed E-state index contributed by atoms with van der Waals surface area (Å²) in [6, 6.07) is 5.41. The smallest absolute Gasteiger partial charge is 0.272 e. The van der Waals surface area contributed by atoms with Crippen molar-refractivity contribution in [3.8, 4) is 10.6 Å². The molecular weight excluding hydrogens is 346 g/mol. The van der Waals surface area contributed by atoms with Gasteiger partial charge in [-0.3, -0.25) is 9.48 Å². The number of rotatable bonds is 3. The molecule has 2 aromatic rings. The van der Waals surface area contributed by atoms with E-state index in [1.165, 1.54) is 0 Å². The highest BCUT2D eigenvalue weighted by Crippen LogP contribution is 2.32. The van der Waals surface area contributed by atoms with Crippen LogP contribution >= 0.6 is 11.3 Å². The normalized spacial score (nSPS) is 20.2. The lowest BCUT2D eigenvalue weighted by Gasteiger charge is -2.19. The van der Waals surface area contributed by atoms with Crippen molar-refractivity contribution >= 4 is 27.1 Å². The minimum absolute atomic E-state index is 0.0768. The number of carbonyl (C=O) groups is 1. The van der Waals surface area contributed by atoms with Gasteiger partial charge in [0, 0.05) is 5.54 Å². The van der Waals surface area contributed by atoms with Crippen LogP contribution in [0.1, 0.15) is 43.7 Å². The Morgan fingerprint density at radius 2 is 2.17 bits per heavy atom. The van der Waals surface area contributed by atoms with Gasteiger partial charge in [-0.1, -0.05) is 6.07 Å². The third-order valence-electron chi connectivity index (χ3n) is 3.78. The van der Waals surface area contributed by atoms with Crippen molar-refractivity contribution in [3.63, 3.8) is 0 Å². The number of thiophene rings is 1. The lowest BCUT2D eigenvalue weighted by atomic mass is 10.1. The summed E-state index contributed by atoms with van der Waals surface area (Å²) in [5.74, 6) is -0.00176. The van der Waals surface area contributed by atoms with E-state index in [4.69, 9.17) is 0 Å². The van der Waals surface area contributed by atoms with Crippen LogP contribution in [0.5, 0.6) is 0 Å². The summed E-state index contributed by atoms with van der Waals surface area (Å²) in [7, 11) is -3.03. The quantitative estimate of drug-likeness (QED) is 0.904. The van der Waals surface area contributed by atoms with Gasteiger partial charge < -0.3 is 5.32 Å². The third kappa shape index (κ3) is 3.70. The number of hydrogen-bond donors (Lipinski definition) is 1. The molecule has 1 aliphatic rings. The van der Waals surface area contributed by atoms with E-state index in [2.05, 4.69) is 10.4 Å². The summed E-state index contributed by atoms with van der Waals surface area (Å²) < 4.78 is 25.4. The number of carbonyl (C=O) groups excluding carboxylic acids is 1. The first-order valence-electron chi connectivity index (χ1n) is 7.81. The molecule has 0 bridgehead atoms. The molecule has 1 N–H and O–H groups in total. The van der Waals surface area contributed by atoms with Crippen molar-refractivity contribution < 1.29 is 13.2 Å². The molecule has 1 aliphatic heterocycles. The Hall–Kier alpha value is -1.67. The molecule has 24 heavy (non-hydrogen) atoms. The van der Waals surface area contributed by atoms with Gasteiger partial charge in [-0.2, -0.15) is 5.10 Å². The van der Waals surface area contributed by atoms with Crippen molar-refractivity contribution in [2.45, 2.75) is 38.8 Å². The van der Waals surface area contributed by atoms with Crippen LogP contribution in [-0.2, 0) is 9.84 Å². The summed E-state index contributed by atoms with van der Waals surface area (Å²) in [5.41, 5.74) is 0.754. The van der Waals surface area contributed by atoms with Gasteiger partial charge in [0.05, 0.1) is 28.1 Å². The van der Waals surface area contributed by atoms with Crippen LogP contribution in [0.15, 0.2) is 23.6 Å². The van der Waals surface area contributed by atoms with E-state index in [0.29, 0.717) is 12.1 Å². The fourth-order valence-corrected chi connectivity index (χ4v) is 5.19. The standard InChI is InChI=1S/C16H21N3O3S2/c1-16(2,3)17-15(20)12-9-13(14-5-4-7-23-14)19(18-12)11-6-8-24(21,22)10-11/h4-5,7,9,11H,6,8,10H2,1-3H3,(H,17,20). The fraction of sp³-hybridized carbons (Fsp3) is 0.500. The van der Waals surface area contributed by atoms with Gasteiger partial charge in [0.25, 0.3) is 5.91 Å². The molecule has 0 spiro atoms. The Bertz CT molecular complexity index is 846. The molecule has 1 amide bonds. The second-order valence-corrected chi connectivity index (χ2v) is 10.3. The molecule has 2 aromatic heterocycles. The molecule has 3 heterocycles. The highest BCUT2D eigenvalue weighted by Gasteiger charge is 2.32. The van der Waals surface area contributed by atoms with E-state index in [9.17, 15) is 13.2 Å². The van der Waals surface area contributed by atoms with Gasteiger partial charge in [0.2, 0.25) is 0 Å². The first-order chi connectivity index (χ1) is 11.1. The Morgan fingerprint density at radius 1 is 1.42 bits per heavy atom. The van der Waals surface area contributed by atoms with Gasteiger partial charge in [0.15, 0.2) is 15.5 Å². The molecule has 0 aliphatic carbocycles. The van der Waals surface area contributed by atoms with Crippen LogP contribution in [0.4, 0.5) is 0 Å². The zero-order valence-electron chi connectivity index (χ0n) is 13.9. The number of hydrogen-bond acceptors (Lipinski definition) is 5. The monoisotopic (exact) mass is 367 g/mol. The Labute approximate surface area is 145 Å². The lowest BCUT2D eigenvalue weighted by Crippen LogP contribution is -2.40. The molecule has 130 valence electrons. The minimum atomic E-state index is -3.03. The SMILES string of the molecule is CC(C)(C)NC(=O)c1cc(-c2cccs2)n(C2CCS(=O)(=O)C2)n1. The molecule has 0 radical (unpaired) electrons. The number of amides is 1. The van der Waals surface area contributed by atoms with E-state index in [0.717, 1.165) is 10.6 Å². The average Bonchev–Trinajstić information content (AvgIpc) is 3.13. The number of nitrogens with one attached hydrogen (secondary N) is 1. The minimum Gasteiger partial charge on any atom is -0.346 e. The number of aromatic nitrogens is 2. The summed E-state index contributed by atoms with van der Waals surface area (Å²) >= 11 is 1.55. The van der Waals surface area contributed by atoms with E-state index in [-0.39, 0.29) is 29.0 Å². The van der Waals surface area contributed by atoms with E-state index in [1.807, 2.05) is 38.3 Å². The van der Waals surface area contributed by atoms with Crippen molar-refractivity contribution in [3.05, 3.63) is 29.3 Å². The zero-order chi connectivity index (χ0) is 17.5. The van der Waals surface area contributed by atoms with Gasteiger partial charge >= 0.3 is 0 Å². The Morgan fingerprint density at radius 3 is 2.71 bits per heavy atom. The predicted octanol–water partition coefficient (Wildman–Crippen LogP) is 2.50. The zero-order valence-corrected chi connectivity index (χ0v) is 15.6. The van der Waals surface area contributed by atoms with Gasteiger partial charge in [-0.15, -0.1) is 11.3 Å². The van der Waals surface area contributed by atoms with Crippen LogP contribution in [-0.4, -0.2) is 41.2 Å². The third-order valence-corrected chi connectivity index (χ3v) is 6.43. The molecule has 0 saturated carbocycles. The van der Waals surface area contributed by atoms with Gasteiger partial charge in [-0.05, 0) is 44.7 Å². The summed E-state index contributed by atoms with van der Waals surface area (Å²) in [6.07, 6.45) is 0.530. The Kier molecular flexibility index (Phi) is 4.29. The highest BCUT2D eigenvalue weighted by atomic mass is 32.2. The van der Waals surface area contributed by atoms with Crippen LogP contribution in [0.25, 0.3) is 10.6 Å². The molecule has 3 rings (SSSR count).